The lowest BCUT2D eigenvalue weighted by Gasteiger charge is -2.31. The predicted molar refractivity (Wildman–Crippen MR) is 123 cm³/mol. The third kappa shape index (κ3) is 4.27. The van der Waals surface area contributed by atoms with E-state index in [4.69, 9.17) is 9.47 Å². The fraction of sp³-hybridized carbons (Fsp3) is 0.435. The molecule has 2 aliphatic rings. The average molecular weight is 460 g/mol. The summed E-state index contributed by atoms with van der Waals surface area (Å²) in [6, 6.07) is 10.1. The zero-order valence-corrected chi connectivity index (χ0v) is 19.3. The molecule has 0 atom stereocenters. The van der Waals surface area contributed by atoms with Gasteiger partial charge >= 0.3 is 0 Å². The van der Waals surface area contributed by atoms with E-state index in [1.807, 2.05) is 13.8 Å². The van der Waals surface area contributed by atoms with Crippen LogP contribution in [0.1, 0.15) is 43.5 Å². The second kappa shape index (κ2) is 9.38. The Hall–Kier alpha value is -2.78. The van der Waals surface area contributed by atoms with Crippen LogP contribution >= 0.6 is 0 Å². The zero-order valence-electron chi connectivity index (χ0n) is 18.5. The molecule has 0 aliphatic carbocycles. The first-order valence-corrected chi connectivity index (χ1v) is 12.5. The Morgan fingerprint density at radius 3 is 2.53 bits per heavy atom. The Kier molecular flexibility index (Phi) is 6.57. The van der Waals surface area contributed by atoms with E-state index in [0.29, 0.717) is 35.8 Å². The monoisotopic (exact) mass is 459 g/mol. The van der Waals surface area contributed by atoms with Gasteiger partial charge in [0.1, 0.15) is 0 Å². The Morgan fingerprint density at radius 2 is 1.81 bits per heavy atom. The molecule has 0 unspecified atom stereocenters. The third-order valence-corrected chi connectivity index (χ3v) is 7.94. The van der Waals surface area contributed by atoms with Crippen molar-refractivity contribution in [2.45, 2.75) is 38.0 Å². The van der Waals surface area contributed by atoms with Crippen LogP contribution in [0.25, 0.3) is 0 Å². The SMILES string of the molecule is CCN(CC)S(=O)(=O)c1ccc(N2CCCCC2)c(NC(=O)c2cccc3c2OCO3)c1. The summed E-state index contributed by atoms with van der Waals surface area (Å²) in [4.78, 5) is 15.5. The van der Waals surface area contributed by atoms with Crippen molar-refractivity contribution >= 4 is 27.3 Å². The number of nitrogens with zero attached hydrogens (tertiary/aromatic N) is 2. The summed E-state index contributed by atoms with van der Waals surface area (Å²) in [5.74, 6) is 0.547. The maximum Gasteiger partial charge on any atom is 0.259 e. The van der Waals surface area contributed by atoms with E-state index in [2.05, 4.69) is 10.2 Å². The van der Waals surface area contributed by atoms with Gasteiger partial charge in [-0.15, -0.1) is 0 Å². The largest absolute Gasteiger partial charge is 0.454 e. The molecule has 1 N–H and O–H groups in total. The second-order valence-corrected chi connectivity index (χ2v) is 9.75. The Labute approximate surface area is 189 Å². The number of para-hydroxylation sites is 1. The number of sulfonamides is 1. The minimum absolute atomic E-state index is 0.0657. The highest BCUT2D eigenvalue weighted by atomic mass is 32.2. The number of nitrogens with one attached hydrogen (secondary N) is 1. The van der Waals surface area contributed by atoms with Gasteiger partial charge in [0.25, 0.3) is 5.91 Å². The molecule has 0 saturated carbocycles. The van der Waals surface area contributed by atoms with Gasteiger partial charge in [-0.05, 0) is 49.6 Å². The highest BCUT2D eigenvalue weighted by Gasteiger charge is 2.26. The van der Waals surface area contributed by atoms with Crippen molar-refractivity contribution in [1.82, 2.24) is 4.31 Å². The molecular formula is C23H29N3O5S. The topological polar surface area (TPSA) is 88.2 Å². The number of rotatable bonds is 7. The molecule has 2 heterocycles. The number of anilines is 2. The molecule has 0 aromatic heterocycles. The summed E-state index contributed by atoms with van der Waals surface area (Å²) in [6.07, 6.45) is 3.29. The molecular weight excluding hydrogens is 430 g/mol. The van der Waals surface area contributed by atoms with Crippen molar-refractivity contribution < 1.29 is 22.7 Å². The van der Waals surface area contributed by atoms with Crippen molar-refractivity contribution in [3.8, 4) is 11.5 Å². The Bertz CT molecular complexity index is 1090. The van der Waals surface area contributed by atoms with E-state index < -0.39 is 10.0 Å². The van der Waals surface area contributed by atoms with Gasteiger partial charge in [0.05, 0.1) is 21.8 Å². The lowest BCUT2D eigenvalue weighted by Crippen LogP contribution is -2.32. The second-order valence-electron chi connectivity index (χ2n) is 7.81. The van der Waals surface area contributed by atoms with Gasteiger partial charge in [0.15, 0.2) is 11.5 Å². The van der Waals surface area contributed by atoms with Crippen molar-refractivity contribution in [3.05, 3.63) is 42.0 Å². The summed E-state index contributed by atoms with van der Waals surface area (Å²) < 4.78 is 38.5. The molecule has 172 valence electrons. The number of carbonyl (C=O) groups is 1. The lowest BCUT2D eigenvalue weighted by molar-refractivity contribution is 0.102. The van der Waals surface area contributed by atoms with Gasteiger partial charge in [-0.1, -0.05) is 19.9 Å². The molecule has 0 spiro atoms. The third-order valence-electron chi connectivity index (χ3n) is 5.90. The van der Waals surface area contributed by atoms with E-state index in [9.17, 15) is 13.2 Å². The van der Waals surface area contributed by atoms with Crippen molar-refractivity contribution in [3.63, 3.8) is 0 Å². The fourth-order valence-corrected chi connectivity index (χ4v) is 5.68. The van der Waals surface area contributed by atoms with Gasteiger partial charge in [-0.3, -0.25) is 4.79 Å². The fourth-order valence-electron chi connectivity index (χ4n) is 4.20. The van der Waals surface area contributed by atoms with Crippen LogP contribution in [0.5, 0.6) is 11.5 Å². The summed E-state index contributed by atoms with van der Waals surface area (Å²) in [6.45, 7) is 6.17. The van der Waals surface area contributed by atoms with Gasteiger partial charge in [-0.2, -0.15) is 4.31 Å². The summed E-state index contributed by atoms with van der Waals surface area (Å²) >= 11 is 0. The quantitative estimate of drug-likeness (QED) is 0.679. The zero-order chi connectivity index (χ0) is 22.7. The van der Waals surface area contributed by atoms with Crippen LogP contribution < -0.4 is 19.7 Å². The minimum atomic E-state index is -3.66. The highest BCUT2D eigenvalue weighted by Crippen LogP contribution is 2.37. The number of carbonyl (C=O) groups excluding carboxylic acids is 1. The molecule has 2 aromatic carbocycles. The minimum Gasteiger partial charge on any atom is -0.454 e. The first kappa shape index (κ1) is 22.4. The standard InChI is InChI=1S/C23H29N3O5S/c1-3-26(4-2)32(28,29)17-11-12-20(25-13-6-5-7-14-25)19(15-17)24-23(27)18-9-8-10-21-22(18)31-16-30-21/h8-12,15H,3-7,13-14,16H2,1-2H3,(H,24,27). The molecule has 8 nitrogen and oxygen atoms in total. The number of ether oxygens (including phenoxy) is 2. The van der Waals surface area contributed by atoms with E-state index in [1.165, 1.54) is 10.7 Å². The molecule has 1 saturated heterocycles. The number of benzene rings is 2. The van der Waals surface area contributed by atoms with Crippen LogP contribution in [0.4, 0.5) is 11.4 Å². The molecule has 32 heavy (non-hydrogen) atoms. The summed E-state index contributed by atoms with van der Waals surface area (Å²) in [5.41, 5.74) is 1.64. The molecule has 1 fully saturated rings. The lowest BCUT2D eigenvalue weighted by atomic mass is 10.1. The average Bonchev–Trinajstić information content (AvgIpc) is 3.29. The maximum absolute atomic E-state index is 13.2. The Morgan fingerprint density at radius 1 is 1.06 bits per heavy atom. The normalized spacial score (nSPS) is 15.8. The number of fused-ring (bicyclic) bond motifs is 1. The number of hydrogen-bond acceptors (Lipinski definition) is 6. The van der Waals surface area contributed by atoms with Gasteiger partial charge in [0.2, 0.25) is 16.8 Å². The number of piperidine rings is 1. The van der Waals surface area contributed by atoms with Crippen LogP contribution in [0.15, 0.2) is 41.3 Å². The van der Waals surface area contributed by atoms with Crippen LogP contribution in [0.2, 0.25) is 0 Å². The highest BCUT2D eigenvalue weighted by molar-refractivity contribution is 7.89. The maximum atomic E-state index is 13.2. The first-order chi connectivity index (χ1) is 15.5. The predicted octanol–water partition coefficient (Wildman–Crippen LogP) is 3.69. The van der Waals surface area contributed by atoms with Gasteiger partial charge in [-0.25, -0.2) is 8.42 Å². The van der Waals surface area contributed by atoms with Crippen LogP contribution in [0.3, 0.4) is 0 Å². The molecule has 0 bridgehead atoms. The Balaban J connectivity index is 1.72. The summed E-state index contributed by atoms with van der Waals surface area (Å²) in [5, 5.41) is 2.94. The molecule has 1 amide bonds. The van der Waals surface area contributed by atoms with Crippen LogP contribution in [-0.2, 0) is 10.0 Å². The molecule has 2 aromatic rings. The van der Waals surface area contributed by atoms with Crippen molar-refractivity contribution in [2.75, 3.05) is 43.2 Å². The molecule has 0 radical (unpaired) electrons. The first-order valence-electron chi connectivity index (χ1n) is 11.0. The molecule has 4 rings (SSSR count). The van der Waals surface area contributed by atoms with E-state index >= 15 is 0 Å². The summed E-state index contributed by atoms with van der Waals surface area (Å²) in [7, 11) is -3.66. The van der Waals surface area contributed by atoms with E-state index in [0.717, 1.165) is 31.6 Å². The van der Waals surface area contributed by atoms with Crippen LogP contribution in [-0.4, -0.2) is 51.6 Å². The van der Waals surface area contributed by atoms with Crippen LogP contribution in [0, 0.1) is 0 Å². The van der Waals surface area contributed by atoms with Gasteiger partial charge in [0, 0.05) is 26.2 Å². The van der Waals surface area contributed by atoms with E-state index in [1.54, 1.807) is 36.4 Å². The van der Waals surface area contributed by atoms with Gasteiger partial charge < -0.3 is 19.7 Å². The molecule has 2 aliphatic heterocycles. The van der Waals surface area contributed by atoms with Crippen molar-refractivity contribution in [2.24, 2.45) is 0 Å². The molecule has 9 heteroatoms. The van der Waals surface area contributed by atoms with Crippen molar-refractivity contribution in [1.29, 1.82) is 0 Å². The number of hydrogen-bond donors (Lipinski definition) is 1. The smallest absolute Gasteiger partial charge is 0.259 e. The number of amides is 1. The van der Waals surface area contributed by atoms with E-state index in [-0.39, 0.29) is 17.6 Å².